The van der Waals surface area contributed by atoms with E-state index in [1.165, 1.54) is 21.3 Å². The van der Waals surface area contributed by atoms with E-state index in [-0.39, 0.29) is 11.6 Å². The Balaban J connectivity index is 1.84. The third-order valence-electron chi connectivity index (χ3n) is 5.30. The molecule has 0 saturated heterocycles. The lowest BCUT2D eigenvalue weighted by Gasteiger charge is -2.14. The highest BCUT2D eigenvalue weighted by Gasteiger charge is 2.31. The number of hydrogen-bond donors (Lipinski definition) is 0. The average molecular weight is 425 g/mol. The Morgan fingerprint density at radius 1 is 1.26 bits per heavy atom. The lowest BCUT2D eigenvalue weighted by atomic mass is 10.0. The molecule has 2 aromatic heterocycles. The van der Waals surface area contributed by atoms with Gasteiger partial charge in [0.05, 0.1) is 52.2 Å². The van der Waals surface area contributed by atoms with Gasteiger partial charge in [0.25, 0.3) is 0 Å². The van der Waals surface area contributed by atoms with Crippen molar-refractivity contribution in [1.29, 1.82) is 5.26 Å². The Morgan fingerprint density at radius 3 is 2.68 bits per heavy atom. The summed E-state index contributed by atoms with van der Waals surface area (Å²) in [4.78, 5) is 13.0. The normalized spacial score (nSPS) is 16.3. The van der Waals surface area contributed by atoms with Crippen LogP contribution in [0.5, 0.6) is 0 Å². The molecule has 0 bridgehead atoms. The highest BCUT2D eigenvalue weighted by atomic mass is 19.4. The summed E-state index contributed by atoms with van der Waals surface area (Å²) in [5, 5.41) is 13.4. The summed E-state index contributed by atoms with van der Waals surface area (Å²) in [7, 11) is 1.57. The summed E-state index contributed by atoms with van der Waals surface area (Å²) in [6, 6.07) is 8.61. The fourth-order valence-corrected chi connectivity index (χ4v) is 3.77. The molecule has 2 heterocycles. The van der Waals surface area contributed by atoms with E-state index in [1.807, 2.05) is 6.08 Å². The van der Waals surface area contributed by atoms with Gasteiger partial charge in [0.1, 0.15) is 0 Å². The van der Waals surface area contributed by atoms with Crippen molar-refractivity contribution in [3.8, 4) is 23.1 Å². The molecule has 0 amide bonds. The molecule has 31 heavy (non-hydrogen) atoms. The summed E-state index contributed by atoms with van der Waals surface area (Å²) in [6.07, 6.45) is 3.11. The lowest BCUT2D eigenvalue weighted by Crippen LogP contribution is -2.22. The molecule has 0 radical (unpaired) electrons. The Hall–Kier alpha value is -3.80. The quantitative estimate of drug-likeness (QED) is 0.628. The van der Waals surface area contributed by atoms with Gasteiger partial charge in [-0.1, -0.05) is 18.2 Å². The van der Waals surface area contributed by atoms with Crippen LogP contribution in [0.3, 0.4) is 0 Å². The number of aromatic nitrogens is 4. The predicted molar refractivity (Wildman–Crippen MR) is 109 cm³/mol. The molecule has 3 aromatic rings. The van der Waals surface area contributed by atoms with E-state index >= 15 is 0 Å². The molecule has 1 aromatic carbocycles. The van der Waals surface area contributed by atoms with E-state index in [0.717, 1.165) is 17.8 Å². The molecule has 0 saturated carbocycles. The van der Waals surface area contributed by atoms with Crippen LogP contribution in [0, 0.1) is 24.2 Å². The number of nitriles is 1. The van der Waals surface area contributed by atoms with Gasteiger partial charge in [-0.2, -0.15) is 23.5 Å². The van der Waals surface area contributed by atoms with Crippen LogP contribution in [0.1, 0.15) is 17.7 Å². The van der Waals surface area contributed by atoms with Gasteiger partial charge < -0.3 is 0 Å². The van der Waals surface area contributed by atoms with Crippen LogP contribution in [-0.4, -0.2) is 18.9 Å². The van der Waals surface area contributed by atoms with Crippen molar-refractivity contribution >= 4 is 5.70 Å². The first-order valence-corrected chi connectivity index (χ1v) is 9.51. The minimum absolute atomic E-state index is 0.138. The number of rotatable bonds is 3. The number of nitrogens with zero attached hydrogens (tertiary/aromatic N) is 5. The van der Waals surface area contributed by atoms with Crippen molar-refractivity contribution < 1.29 is 13.2 Å². The maximum Gasteiger partial charge on any atom is 0.416 e. The molecular formula is C22H18F3N5O. The predicted octanol–water partition coefficient (Wildman–Crippen LogP) is 4.31. The first kappa shape index (κ1) is 20.5. The van der Waals surface area contributed by atoms with Crippen LogP contribution in [0.2, 0.25) is 0 Å². The first-order valence-electron chi connectivity index (χ1n) is 9.51. The molecule has 0 spiro atoms. The van der Waals surface area contributed by atoms with Crippen LogP contribution < -0.4 is 5.69 Å². The van der Waals surface area contributed by atoms with E-state index in [1.54, 1.807) is 43.1 Å². The Labute approximate surface area is 175 Å². The number of imidazole rings is 1. The molecule has 1 atom stereocenters. The van der Waals surface area contributed by atoms with Gasteiger partial charge in [0.15, 0.2) is 0 Å². The maximum absolute atomic E-state index is 13.2. The highest BCUT2D eigenvalue weighted by Crippen LogP contribution is 2.32. The molecule has 1 aliphatic rings. The standard InChI is InChI=1S/C22H18F3N5O/c1-14-20(19-10-11-27-30(19)17-8-6-15(13-26)7-9-17)28(2)21(31)29(14)18-5-3-4-16(12-18)22(23,24)25/h3-6,8-12,15H,7H2,1-2H3. The van der Waals surface area contributed by atoms with Crippen LogP contribution >= 0.6 is 0 Å². The van der Waals surface area contributed by atoms with Crippen LogP contribution in [0.4, 0.5) is 13.2 Å². The van der Waals surface area contributed by atoms with Crippen LogP contribution in [0.15, 0.2) is 59.6 Å². The molecule has 0 aliphatic heterocycles. The lowest BCUT2D eigenvalue weighted by molar-refractivity contribution is -0.137. The third kappa shape index (κ3) is 3.50. The van der Waals surface area contributed by atoms with Gasteiger partial charge >= 0.3 is 11.9 Å². The van der Waals surface area contributed by atoms with Crippen molar-refractivity contribution in [2.45, 2.75) is 19.5 Å². The monoisotopic (exact) mass is 425 g/mol. The molecule has 1 aliphatic carbocycles. The van der Waals surface area contributed by atoms with Crippen molar-refractivity contribution in [1.82, 2.24) is 18.9 Å². The van der Waals surface area contributed by atoms with Gasteiger partial charge in [-0.05, 0) is 43.7 Å². The van der Waals surface area contributed by atoms with Crippen molar-refractivity contribution in [3.63, 3.8) is 0 Å². The van der Waals surface area contributed by atoms with E-state index in [2.05, 4.69) is 11.2 Å². The van der Waals surface area contributed by atoms with Gasteiger partial charge in [-0.25, -0.2) is 9.48 Å². The van der Waals surface area contributed by atoms with E-state index in [0.29, 0.717) is 23.5 Å². The molecule has 9 heteroatoms. The van der Waals surface area contributed by atoms with E-state index in [4.69, 9.17) is 5.26 Å². The number of alkyl halides is 3. The van der Waals surface area contributed by atoms with Crippen molar-refractivity contribution in [2.75, 3.05) is 0 Å². The Kier molecular flexibility index (Phi) is 4.93. The zero-order valence-corrected chi connectivity index (χ0v) is 16.8. The summed E-state index contributed by atoms with van der Waals surface area (Å²) < 4.78 is 43.8. The second-order valence-corrected chi connectivity index (χ2v) is 7.25. The largest absolute Gasteiger partial charge is 0.416 e. The second kappa shape index (κ2) is 7.47. The highest BCUT2D eigenvalue weighted by molar-refractivity contribution is 5.69. The summed E-state index contributed by atoms with van der Waals surface area (Å²) in [6.45, 7) is 1.69. The minimum atomic E-state index is -4.51. The van der Waals surface area contributed by atoms with Gasteiger partial charge in [-0.15, -0.1) is 0 Å². The van der Waals surface area contributed by atoms with Crippen molar-refractivity contribution in [2.24, 2.45) is 13.0 Å². The Bertz CT molecular complexity index is 1310. The average Bonchev–Trinajstić information content (AvgIpc) is 3.30. The molecule has 0 fully saturated rings. The Morgan fingerprint density at radius 2 is 2.03 bits per heavy atom. The zero-order chi connectivity index (χ0) is 22.3. The zero-order valence-electron chi connectivity index (χ0n) is 16.8. The van der Waals surface area contributed by atoms with E-state index < -0.39 is 17.4 Å². The number of hydrogen-bond acceptors (Lipinski definition) is 3. The number of benzene rings is 1. The smallest absolute Gasteiger partial charge is 0.293 e. The molecule has 1 unspecified atom stereocenters. The molecular weight excluding hydrogens is 407 g/mol. The molecule has 158 valence electrons. The number of halogens is 3. The van der Waals surface area contributed by atoms with Gasteiger partial charge in [0, 0.05) is 7.05 Å². The third-order valence-corrected chi connectivity index (χ3v) is 5.30. The fraction of sp³-hybridized carbons (Fsp3) is 0.227. The minimum Gasteiger partial charge on any atom is -0.293 e. The summed E-state index contributed by atoms with van der Waals surface area (Å²) >= 11 is 0. The number of allylic oxidation sites excluding steroid dienone is 4. The molecule has 6 nitrogen and oxygen atoms in total. The first-order chi connectivity index (χ1) is 14.7. The van der Waals surface area contributed by atoms with Gasteiger partial charge in [0.2, 0.25) is 0 Å². The molecule has 0 N–H and O–H groups in total. The van der Waals surface area contributed by atoms with Crippen molar-refractivity contribution in [3.05, 3.63) is 76.5 Å². The fourth-order valence-electron chi connectivity index (χ4n) is 3.77. The summed E-state index contributed by atoms with van der Waals surface area (Å²) in [5.41, 5.74) is 1.26. The van der Waals surface area contributed by atoms with Gasteiger partial charge in [-0.3, -0.25) is 9.13 Å². The van der Waals surface area contributed by atoms with E-state index in [9.17, 15) is 18.0 Å². The SMILES string of the molecule is Cc1c(-c2ccnn2C2=CCC(C#N)C=C2)n(C)c(=O)n1-c1cccc(C(F)(F)F)c1. The van der Waals surface area contributed by atoms with Crippen LogP contribution in [0.25, 0.3) is 22.8 Å². The molecule has 4 rings (SSSR count). The van der Waals surface area contributed by atoms with Crippen LogP contribution in [-0.2, 0) is 13.2 Å². The second-order valence-electron chi connectivity index (χ2n) is 7.25. The topological polar surface area (TPSA) is 68.5 Å². The maximum atomic E-state index is 13.2. The summed E-state index contributed by atoms with van der Waals surface area (Å²) in [5.74, 6) is -0.198.